The highest BCUT2D eigenvalue weighted by Gasteiger charge is 2.08. The fraction of sp³-hybridized carbons (Fsp3) is 0.188. The molecule has 0 aliphatic rings. The first-order chi connectivity index (χ1) is 10.1. The molecule has 0 amide bonds. The number of anilines is 1. The van der Waals surface area contributed by atoms with Crippen molar-refractivity contribution in [2.45, 2.75) is 20.3 Å². The van der Waals surface area contributed by atoms with Gasteiger partial charge >= 0.3 is 0 Å². The molecule has 2 rings (SSSR count). The van der Waals surface area contributed by atoms with Gasteiger partial charge < -0.3 is 5.11 Å². The predicted molar refractivity (Wildman–Crippen MR) is 84.7 cm³/mol. The molecule has 0 unspecified atom stereocenters. The van der Waals surface area contributed by atoms with Gasteiger partial charge in [-0.1, -0.05) is 18.2 Å². The largest absolute Gasteiger partial charge is 0.507 e. The van der Waals surface area contributed by atoms with Gasteiger partial charge in [0.2, 0.25) is 0 Å². The molecule has 0 radical (unpaired) electrons. The van der Waals surface area contributed by atoms with Gasteiger partial charge in [-0.25, -0.2) is 9.97 Å². The van der Waals surface area contributed by atoms with Gasteiger partial charge in [-0.3, -0.25) is 5.43 Å². The first-order valence-corrected chi connectivity index (χ1v) is 6.64. The Morgan fingerprint density at radius 1 is 1.29 bits per heavy atom. The molecule has 5 nitrogen and oxygen atoms in total. The normalized spacial score (nSPS) is 10.8. The lowest BCUT2D eigenvalue weighted by molar-refractivity contribution is 0.474. The standard InChI is InChI=1S/C16H18N4O/c1-4-7-14-11(2)18-12(3)19-16(14)20-17-10-13-8-5-6-9-15(13)21/h4-6,8-10,21H,1,7H2,2-3H3,(H,18,19,20). The van der Waals surface area contributed by atoms with Crippen LogP contribution < -0.4 is 5.43 Å². The Morgan fingerprint density at radius 2 is 2.05 bits per heavy atom. The SMILES string of the molecule is C=CCc1c(C)nc(C)nc1NN=Cc1ccccc1O. The molecule has 0 atom stereocenters. The average molecular weight is 282 g/mol. The summed E-state index contributed by atoms with van der Waals surface area (Å²) >= 11 is 0. The second-order valence-corrected chi connectivity index (χ2v) is 4.61. The summed E-state index contributed by atoms with van der Waals surface area (Å²) in [6, 6.07) is 6.99. The van der Waals surface area contributed by atoms with Crippen molar-refractivity contribution < 1.29 is 5.11 Å². The molecule has 0 saturated carbocycles. The molecule has 2 aromatic rings. The molecule has 0 aliphatic heterocycles. The number of aryl methyl sites for hydroxylation is 2. The Balaban J connectivity index is 2.23. The molecule has 1 aromatic carbocycles. The third-order valence-electron chi connectivity index (χ3n) is 2.99. The fourth-order valence-corrected chi connectivity index (χ4v) is 1.98. The van der Waals surface area contributed by atoms with Gasteiger partial charge in [0.05, 0.1) is 6.21 Å². The zero-order valence-electron chi connectivity index (χ0n) is 12.2. The van der Waals surface area contributed by atoms with Crippen LogP contribution in [0.1, 0.15) is 22.6 Å². The first kappa shape index (κ1) is 14.7. The number of rotatable bonds is 5. The zero-order chi connectivity index (χ0) is 15.2. The van der Waals surface area contributed by atoms with Crippen LogP contribution in [0.25, 0.3) is 0 Å². The minimum absolute atomic E-state index is 0.185. The number of phenolic OH excluding ortho intramolecular Hbond substituents is 1. The summed E-state index contributed by atoms with van der Waals surface area (Å²) in [6.07, 6.45) is 4.03. The molecule has 0 bridgehead atoms. The van der Waals surface area contributed by atoms with E-state index >= 15 is 0 Å². The Labute approximate surface area is 124 Å². The second-order valence-electron chi connectivity index (χ2n) is 4.61. The van der Waals surface area contributed by atoms with Crippen molar-refractivity contribution >= 4 is 12.0 Å². The second kappa shape index (κ2) is 6.65. The number of hydrogen-bond acceptors (Lipinski definition) is 5. The van der Waals surface area contributed by atoms with Gasteiger partial charge in [0.1, 0.15) is 11.6 Å². The molecule has 108 valence electrons. The van der Waals surface area contributed by atoms with Gasteiger partial charge in [-0.15, -0.1) is 6.58 Å². The minimum atomic E-state index is 0.185. The number of phenols is 1. The molecule has 1 aromatic heterocycles. The number of hydrazone groups is 1. The third kappa shape index (κ3) is 3.66. The van der Waals surface area contributed by atoms with Gasteiger partial charge in [0.15, 0.2) is 5.82 Å². The van der Waals surface area contributed by atoms with Crippen molar-refractivity contribution in [2.75, 3.05) is 5.43 Å². The number of hydrogen-bond donors (Lipinski definition) is 2. The summed E-state index contributed by atoms with van der Waals surface area (Å²) in [7, 11) is 0. The van der Waals surface area contributed by atoms with Crippen LogP contribution >= 0.6 is 0 Å². The van der Waals surface area contributed by atoms with Crippen LogP contribution in [-0.4, -0.2) is 21.3 Å². The predicted octanol–water partition coefficient (Wildman–Crippen LogP) is 2.97. The van der Waals surface area contributed by atoms with Gasteiger partial charge in [0.25, 0.3) is 0 Å². The van der Waals surface area contributed by atoms with Crippen molar-refractivity contribution in [2.24, 2.45) is 5.10 Å². The van der Waals surface area contributed by atoms with Crippen molar-refractivity contribution in [1.82, 2.24) is 9.97 Å². The number of nitrogens with one attached hydrogen (secondary N) is 1. The maximum Gasteiger partial charge on any atom is 0.153 e. The third-order valence-corrected chi connectivity index (χ3v) is 2.99. The molecular weight excluding hydrogens is 264 g/mol. The number of allylic oxidation sites excluding steroid dienone is 1. The van der Waals surface area contributed by atoms with E-state index in [1.165, 1.54) is 0 Å². The molecule has 5 heteroatoms. The van der Waals surface area contributed by atoms with Crippen LogP contribution in [0.2, 0.25) is 0 Å². The highest BCUT2D eigenvalue weighted by Crippen LogP contribution is 2.18. The molecule has 0 fully saturated rings. The number of nitrogens with zero attached hydrogens (tertiary/aromatic N) is 3. The molecule has 0 spiro atoms. The van der Waals surface area contributed by atoms with E-state index in [0.717, 1.165) is 11.3 Å². The van der Waals surface area contributed by atoms with E-state index in [0.29, 0.717) is 23.6 Å². The fourth-order valence-electron chi connectivity index (χ4n) is 1.98. The summed E-state index contributed by atoms with van der Waals surface area (Å²) < 4.78 is 0. The van der Waals surface area contributed by atoms with Crippen LogP contribution in [0, 0.1) is 13.8 Å². The van der Waals surface area contributed by atoms with Gasteiger partial charge in [-0.05, 0) is 32.4 Å². The molecule has 1 heterocycles. The smallest absolute Gasteiger partial charge is 0.153 e. The Morgan fingerprint density at radius 3 is 2.76 bits per heavy atom. The minimum Gasteiger partial charge on any atom is -0.507 e. The van der Waals surface area contributed by atoms with Crippen molar-refractivity contribution in [3.8, 4) is 5.75 Å². The van der Waals surface area contributed by atoms with Crippen LogP contribution in [-0.2, 0) is 6.42 Å². The summed E-state index contributed by atoms with van der Waals surface area (Å²) in [4.78, 5) is 8.70. The summed E-state index contributed by atoms with van der Waals surface area (Å²) in [5.74, 6) is 1.52. The van der Waals surface area contributed by atoms with Crippen molar-refractivity contribution in [3.63, 3.8) is 0 Å². The van der Waals surface area contributed by atoms with Crippen LogP contribution in [0.5, 0.6) is 5.75 Å². The zero-order valence-corrected chi connectivity index (χ0v) is 12.2. The van der Waals surface area contributed by atoms with E-state index in [2.05, 4.69) is 27.1 Å². The number of para-hydroxylation sites is 1. The Kier molecular flexibility index (Phi) is 4.66. The monoisotopic (exact) mass is 282 g/mol. The highest BCUT2D eigenvalue weighted by atomic mass is 16.3. The number of benzene rings is 1. The van der Waals surface area contributed by atoms with E-state index < -0.39 is 0 Å². The maximum absolute atomic E-state index is 9.68. The quantitative estimate of drug-likeness (QED) is 0.502. The Bertz CT molecular complexity index is 680. The topological polar surface area (TPSA) is 70.4 Å². The van der Waals surface area contributed by atoms with Gasteiger partial charge in [0, 0.05) is 16.8 Å². The van der Waals surface area contributed by atoms with Crippen molar-refractivity contribution in [3.05, 3.63) is 59.6 Å². The summed E-state index contributed by atoms with van der Waals surface area (Å²) in [6.45, 7) is 7.52. The lowest BCUT2D eigenvalue weighted by Gasteiger charge is -2.09. The van der Waals surface area contributed by atoms with E-state index in [4.69, 9.17) is 0 Å². The van der Waals surface area contributed by atoms with Gasteiger partial charge in [-0.2, -0.15) is 5.10 Å². The lowest BCUT2D eigenvalue weighted by atomic mass is 10.1. The first-order valence-electron chi connectivity index (χ1n) is 6.64. The van der Waals surface area contributed by atoms with E-state index in [-0.39, 0.29) is 5.75 Å². The lowest BCUT2D eigenvalue weighted by Crippen LogP contribution is -2.05. The molecule has 0 aliphatic carbocycles. The maximum atomic E-state index is 9.68. The van der Waals surface area contributed by atoms with Crippen LogP contribution in [0.15, 0.2) is 42.0 Å². The molecule has 2 N–H and O–H groups in total. The molecular formula is C16H18N4O. The summed E-state index contributed by atoms with van der Waals surface area (Å²) in [5, 5.41) is 13.8. The highest BCUT2D eigenvalue weighted by molar-refractivity contribution is 5.83. The van der Waals surface area contributed by atoms with Crippen LogP contribution in [0.3, 0.4) is 0 Å². The van der Waals surface area contributed by atoms with E-state index in [1.54, 1.807) is 30.5 Å². The molecule has 21 heavy (non-hydrogen) atoms. The van der Waals surface area contributed by atoms with E-state index in [1.807, 2.05) is 19.9 Å². The molecule has 0 saturated heterocycles. The number of aromatic nitrogens is 2. The van der Waals surface area contributed by atoms with E-state index in [9.17, 15) is 5.11 Å². The van der Waals surface area contributed by atoms with Crippen LogP contribution in [0.4, 0.5) is 5.82 Å². The Hall–Kier alpha value is -2.69. The summed E-state index contributed by atoms with van der Waals surface area (Å²) in [5.41, 5.74) is 5.42. The number of aromatic hydroxyl groups is 1. The van der Waals surface area contributed by atoms with Crippen molar-refractivity contribution in [1.29, 1.82) is 0 Å². The average Bonchev–Trinajstić information content (AvgIpc) is 2.44.